The number of hydrogen-bond acceptors (Lipinski definition) is 6. The zero-order valence-corrected chi connectivity index (χ0v) is 20.5. The number of allylic oxidation sites excluding steroid dienone is 4. The van der Waals surface area contributed by atoms with Crippen molar-refractivity contribution in [2.75, 3.05) is 5.32 Å². The number of pyridine rings is 3. The molecule has 0 saturated carbocycles. The number of fused-ring (bicyclic) bond motifs is 1. The number of nitrogens with zero attached hydrogens (tertiary/aromatic N) is 3. The maximum Gasteiger partial charge on any atom is 0.268 e. The normalized spacial score (nSPS) is 13.1. The highest BCUT2D eigenvalue weighted by molar-refractivity contribution is 6.34. The first-order valence-electron chi connectivity index (χ1n) is 11.5. The van der Waals surface area contributed by atoms with E-state index in [1.165, 1.54) is 41.1 Å². The summed E-state index contributed by atoms with van der Waals surface area (Å²) < 4.78 is 35.3. The van der Waals surface area contributed by atoms with Crippen LogP contribution in [0.25, 0.3) is 10.8 Å². The lowest BCUT2D eigenvalue weighted by Crippen LogP contribution is -2.21. The molecule has 8 nitrogen and oxygen atoms in total. The molecule has 3 N–H and O–H groups in total. The fourth-order valence-corrected chi connectivity index (χ4v) is 4.28. The minimum Gasteiger partial charge on any atom is -0.453 e. The molecule has 0 saturated heterocycles. The van der Waals surface area contributed by atoms with Gasteiger partial charge in [-0.05, 0) is 47.7 Å². The number of carbonyl (C=O) groups excluding carboxylic acids is 1. The Morgan fingerprint density at radius 1 is 1.08 bits per heavy atom. The van der Waals surface area contributed by atoms with E-state index in [9.17, 15) is 18.4 Å². The van der Waals surface area contributed by atoms with E-state index in [4.69, 9.17) is 22.1 Å². The van der Waals surface area contributed by atoms with Crippen LogP contribution in [0.15, 0.2) is 83.3 Å². The quantitative estimate of drug-likeness (QED) is 0.310. The number of aromatic nitrogens is 3. The van der Waals surface area contributed by atoms with Gasteiger partial charge in [0, 0.05) is 49.4 Å². The molecule has 0 atom stereocenters. The van der Waals surface area contributed by atoms with E-state index in [0.29, 0.717) is 35.8 Å². The minimum absolute atomic E-state index is 0.0117. The highest BCUT2D eigenvalue weighted by atomic mass is 35.5. The van der Waals surface area contributed by atoms with Crippen molar-refractivity contribution in [1.29, 1.82) is 0 Å². The zero-order valence-electron chi connectivity index (χ0n) is 19.7. The maximum atomic E-state index is 14.9. The number of halogens is 3. The molecule has 3 aromatic heterocycles. The van der Waals surface area contributed by atoms with Gasteiger partial charge in [0.1, 0.15) is 28.1 Å². The number of anilines is 2. The third-order valence-corrected chi connectivity index (χ3v) is 6.32. The summed E-state index contributed by atoms with van der Waals surface area (Å²) in [7, 11) is 0. The molecular formula is C27H20ClF2N5O3. The molecule has 11 heteroatoms. The Labute approximate surface area is 220 Å². The van der Waals surface area contributed by atoms with Gasteiger partial charge in [0.15, 0.2) is 11.6 Å². The van der Waals surface area contributed by atoms with Gasteiger partial charge < -0.3 is 20.4 Å². The molecule has 0 unspecified atom stereocenters. The van der Waals surface area contributed by atoms with Gasteiger partial charge >= 0.3 is 0 Å². The molecule has 0 bridgehead atoms. The summed E-state index contributed by atoms with van der Waals surface area (Å²) >= 11 is 6.11. The van der Waals surface area contributed by atoms with Crippen molar-refractivity contribution < 1.29 is 18.3 Å². The third-order valence-electron chi connectivity index (χ3n) is 5.95. The molecule has 192 valence electrons. The van der Waals surface area contributed by atoms with E-state index < -0.39 is 11.7 Å². The van der Waals surface area contributed by atoms with Crippen LogP contribution in [0.3, 0.4) is 0 Å². The molecule has 1 aromatic carbocycles. The monoisotopic (exact) mass is 535 g/mol. The maximum absolute atomic E-state index is 14.9. The fraction of sp³-hybridized carbons (Fsp3) is 0.111. The highest BCUT2D eigenvalue weighted by Crippen LogP contribution is 2.33. The Morgan fingerprint density at radius 2 is 1.89 bits per heavy atom. The summed E-state index contributed by atoms with van der Waals surface area (Å²) in [5, 5.41) is 3.85. The summed E-state index contributed by atoms with van der Waals surface area (Å²) in [5.74, 6) is -1.65. The SMILES string of the molecule is NC(=O)c1nccc(Oc2ccc(Nc3nccc4ccn(CC5=CC=C(F)CC5)c(=O)c34)cc2F)c1Cl. The van der Waals surface area contributed by atoms with Crippen LogP contribution in [0.4, 0.5) is 20.3 Å². The van der Waals surface area contributed by atoms with Crippen molar-refractivity contribution in [1.82, 2.24) is 14.5 Å². The molecule has 3 heterocycles. The summed E-state index contributed by atoms with van der Waals surface area (Å²) in [6, 6.07) is 8.96. The Kier molecular flexibility index (Phi) is 6.89. The average Bonchev–Trinajstić information content (AvgIpc) is 2.89. The van der Waals surface area contributed by atoms with E-state index in [2.05, 4.69) is 15.3 Å². The van der Waals surface area contributed by atoms with Crippen molar-refractivity contribution in [2.24, 2.45) is 5.73 Å². The van der Waals surface area contributed by atoms with Crippen LogP contribution in [0, 0.1) is 5.82 Å². The van der Waals surface area contributed by atoms with Crippen LogP contribution in [0.1, 0.15) is 23.3 Å². The first-order valence-corrected chi connectivity index (χ1v) is 11.9. The molecule has 0 spiro atoms. The lowest BCUT2D eigenvalue weighted by atomic mass is 10.0. The number of amides is 1. The summed E-state index contributed by atoms with van der Waals surface area (Å²) in [5.41, 5.74) is 6.01. The van der Waals surface area contributed by atoms with E-state index >= 15 is 0 Å². The molecule has 0 fully saturated rings. The van der Waals surface area contributed by atoms with Crippen LogP contribution in [0.2, 0.25) is 5.02 Å². The van der Waals surface area contributed by atoms with Crippen LogP contribution in [0.5, 0.6) is 11.5 Å². The van der Waals surface area contributed by atoms with Crippen LogP contribution >= 0.6 is 11.6 Å². The molecular weight excluding hydrogens is 516 g/mol. The largest absolute Gasteiger partial charge is 0.453 e. The van der Waals surface area contributed by atoms with Gasteiger partial charge in [0.2, 0.25) is 0 Å². The highest BCUT2D eigenvalue weighted by Gasteiger charge is 2.17. The molecule has 0 radical (unpaired) electrons. The molecule has 5 rings (SSSR count). The Hall–Kier alpha value is -4.57. The van der Waals surface area contributed by atoms with Gasteiger partial charge in [-0.1, -0.05) is 17.7 Å². The minimum atomic E-state index is -0.844. The van der Waals surface area contributed by atoms with Gasteiger partial charge in [-0.2, -0.15) is 0 Å². The second-order valence-electron chi connectivity index (χ2n) is 8.52. The number of hydrogen-bond donors (Lipinski definition) is 2. The summed E-state index contributed by atoms with van der Waals surface area (Å²) in [6.07, 6.45) is 8.46. The Morgan fingerprint density at radius 3 is 2.63 bits per heavy atom. The first kappa shape index (κ1) is 25.1. The summed E-state index contributed by atoms with van der Waals surface area (Å²) in [6.45, 7) is 0.322. The molecule has 1 aliphatic rings. The van der Waals surface area contributed by atoms with E-state index in [1.807, 2.05) is 0 Å². The predicted molar refractivity (Wildman–Crippen MR) is 140 cm³/mol. The van der Waals surface area contributed by atoms with Gasteiger partial charge in [-0.3, -0.25) is 9.59 Å². The number of ether oxygens (including phenoxy) is 1. The van der Waals surface area contributed by atoms with Crippen LogP contribution < -0.4 is 21.3 Å². The van der Waals surface area contributed by atoms with Crippen LogP contribution in [-0.2, 0) is 6.54 Å². The summed E-state index contributed by atoms with van der Waals surface area (Å²) in [4.78, 5) is 32.9. The Balaban J connectivity index is 1.42. The van der Waals surface area contributed by atoms with Gasteiger partial charge in [-0.25, -0.2) is 18.7 Å². The van der Waals surface area contributed by atoms with Crippen molar-refractivity contribution in [3.63, 3.8) is 0 Å². The molecule has 0 aliphatic heterocycles. The van der Waals surface area contributed by atoms with Gasteiger partial charge in [0.05, 0.1) is 5.39 Å². The van der Waals surface area contributed by atoms with Crippen LogP contribution in [-0.4, -0.2) is 20.4 Å². The average molecular weight is 536 g/mol. The molecule has 38 heavy (non-hydrogen) atoms. The van der Waals surface area contributed by atoms with E-state index in [-0.39, 0.29) is 39.4 Å². The lowest BCUT2D eigenvalue weighted by Gasteiger charge is -2.15. The number of nitrogens with two attached hydrogens (primary N) is 1. The number of rotatable bonds is 7. The topological polar surface area (TPSA) is 112 Å². The first-order chi connectivity index (χ1) is 18.3. The van der Waals surface area contributed by atoms with E-state index in [0.717, 1.165) is 5.57 Å². The smallest absolute Gasteiger partial charge is 0.268 e. The third kappa shape index (κ3) is 5.12. The van der Waals surface area contributed by atoms with Gasteiger partial charge in [0.25, 0.3) is 11.5 Å². The zero-order chi connectivity index (χ0) is 26.8. The molecule has 4 aromatic rings. The predicted octanol–water partition coefficient (Wildman–Crippen LogP) is 5.79. The number of benzene rings is 1. The molecule has 1 amide bonds. The Bertz CT molecular complexity index is 1700. The second kappa shape index (κ2) is 10.4. The van der Waals surface area contributed by atoms with Gasteiger partial charge in [-0.15, -0.1) is 0 Å². The second-order valence-corrected chi connectivity index (χ2v) is 8.90. The number of carbonyl (C=O) groups is 1. The number of primary amides is 1. The standard InChI is InChI=1S/C27H20ClF2N5O3/c28-23-21(8-11-32-24(23)25(31)36)38-20-6-5-18(13-19(20)30)34-26-22-16(7-10-33-26)9-12-35(27(22)37)14-15-1-3-17(29)4-2-15/h1,3,5-13H,2,4,14H2,(H2,31,36)(H,33,34). The van der Waals surface area contributed by atoms with Crippen molar-refractivity contribution in [3.05, 3.63) is 105 Å². The van der Waals surface area contributed by atoms with E-state index in [1.54, 1.807) is 30.6 Å². The van der Waals surface area contributed by atoms with Crippen molar-refractivity contribution in [3.8, 4) is 11.5 Å². The lowest BCUT2D eigenvalue weighted by molar-refractivity contribution is 0.0995. The molecule has 1 aliphatic carbocycles. The number of nitrogens with one attached hydrogen (secondary N) is 1. The fourth-order valence-electron chi connectivity index (χ4n) is 4.04. The van der Waals surface area contributed by atoms with Crippen molar-refractivity contribution >= 4 is 39.8 Å². The van der Waals surface area contributed by atoms with Crippen molar-refractivity contribution in [2.45, 2.75) is 19.4 Å².